The predicted molar refractivity (Wildman–Crippen MR) is 106 cm³/mol. The lowest BCUT2D eigenvalue weighted by atomic mass is 10.00. The summed E-state index contributed by atoms with van der Waals surface area (Å²) in [4.78, 5) is 22.9. The van der Waals surface area contributed by atoms with Crippen molar-refractivity contribution in [1.29, 1.82) is 0 Å². The summed E-state index contributed by atoms with van der Waals surface area (Å²) >= 11 is 0. The molecule has 1 unspecified atom stereocenters. The van der Waals surface area contributed by atoms with E-state index in [1.54, 1.807) is 18.2 Å². The Morgan fingerprint density at radius 2 is 2.10 bits per heavy atom. The van der Waals surface area contributed by atoms with Crippen LogP contribution >= 0.6 is 0 Å². The van der Waals surface area contributed by atoms with Crippen molar-refractivity contribution in [3.63, 3.8) is 0 Å². The minimum atomic E-state index is -3.54. The molecule has 9 nitrogen and oxygen atoms in total. The minimum Gasteiger partial charge on any atom is -0.493 e. The first-order valence-electron chi connectivity index (χ1n) is 9.35. The first-order chi connectivity index (χ1) is 13.6. The molecule has 10 heteroatoms. The van der Waals surface area contributed by atoms with Crippen molar-refractivity contribution in [3.05, 3.63) is 23.8 Å². The van der Waals surface area contributed by atoms with E-state index in [-0.39, 0.29) is 30.4 Å². The number of esters is 1. The van der Waals surface area contributed by atoms with Gasteiger partial charge in [0.2, 0.25) is 5.91 Å². The van der Waals surface area contributed by atoms with E-state index < -0.39 is 33.8 Å². The lowest BCUT2D eigenvalue weighted by molar-refractivity contribution is -0.153. The first-order valence-corrected chi connectivity index (χ1v) is 11.2. The van der Waals surface area contributed by atoms with Gasteiger partial charge < -0.3 is 25.3 Å². The summed E-state index contributed by atoms with van der Waals surface area (Å²) in [6.45, 7) is 3.56. The number of methoxy groups -OCH3 is 1. The maximum absolute atomic E-state index is 12.7. The Kier molecular flexibility index (Phi) is 7.86. The summed E-state index contributed by atoms with van der Waals surface area (Å²) in [5.41, 5.74) is 6.75. The van der Waals surface area contributed by atoms with Crippen LogP contribution in [0, 0.1) is 5.92 Å². The van der Waals surface area contributed by atoms with E-state index in [1.807, 2.05) is 6.92 Å². The third-order valence-corrected chi connectivity index (χ3v) is 6.38. The van der Waals surface area contributed by atoms with E-state index in [0.717, 1.165) is 0 Å². The number of carbonyl (C=O) groups is 2. The van der Waals surface area contributed by atoms with Crippen LogP contribution in [0.3, 0.4) is 0 Å². The summed E-state index contributed by atoms with van der Waals surface area (Å²) in [7, 11) is -2.02. The Balaban J connectivity index is 2.04. The number of nitrogens with two attached hydrogens (primary N) is 1. The number of nitrogens with one attached hydrogen (secondary N) is 1. The van der Waals surface area contributed by atoms with E-state index in [0.29, 0.717) is 23.7 Å². The van der Waals surface area contributed by atoms with Crippen LogP contribution in [0.25, 0.3) is 0 Å². The number of sulfone groups is 1. The molecule has 0 radical (unpaired) electrons. The van der Waals surface area contributed by atoms with Gasteiger partial charge in [0.25, 0.3) is 0 Å². The third-order valence-electron chi connectivity index (χ3n) is 4.53. The van der Waals surface area contributed by atoms with Gasteiger partial charge in [0.1, 0.15) is 6.04 Å². The zero-order chi connectivity index (χ0) is 21.6. The quantitative estimate of drug-likeness (QED) is 0.546. The van der Waals surface area contributed by atoms with Crippen molar-refractivity contribution in [1.82, 2.24) is 5.32 Å². The normalized spacial score (nSPS) is 20.5. The van der Waals surface area contributed by atoms with Gasteiger partial charge >= 0.3 is 5.97 Å². The second-order valence-electron chi connectivity index (χ2n) is 7.01. The van der Waals surface area contributed by atoms with Gasteiger partial charge in [-0.1, -0.05) is 6.07 Å². The Morgan fingerprint density at radius 1 is 1.38 bits per heavy atom. The molecular weight excluding hydrogens is 400 g/mol. The molecule has 162 valence electrons. The van der Waals surface area contributed by atoms with E-state index in [4.69, 9.17) is 19.9 Å². The first kappa shape index (κ1) is 23.0. The van der Waals surface area contributed by atoms with E-state index in [2.05, 4.69) is 5.32 Å². The average Bonchev–Trinajstić information content (AvgIpc) is 2.63. The predicted octanol–water partition coefficient (Wildman–Crippen LogP) is 0.576. The molecule has 1 saturated heterocycles. The van der Waals surface area contributed by atoms with Crippen LogP contribution < -0.4 is 20.5 Å². The van der Waals surface area contributed by atoms with Crippen LogP contribution in [-0.4, -0.2) is 58.2 Å². The Bertz CT molecular complexity index is 841. The SMILES string of the molecule is CCOc1cc([C@H](N)CS(=O)(=O)CC2COC(=O)[C@H](NC(C)=O)C2)ccc1OC. The Labute approximate surface area is 170 Å². The van der Waals surface area contributed by atoms with Crippen molar-refractivity contribution < 1.29 is 32.2 Å². The molecule has 1 fully saturated rings. The van der Waals surface area contributed by atoms with Crippen LogP contribution in [0.15, 0.2) is 18.2 Å². The zero-order valence-corrected chi connectivity index (χ0v) is 17.7. The van der Waals surface area contributed by atoms with Gasteiger partial charge in [-0.3, -0.25) is 4.79 Å². The van der Waals surface area contributed by atoms with Crippen LogP contribution in [0.5, 0.6) is 11.5 Å². The van der Waals surface area contributed by atoms with Crippen LogP contribution in [0.4, 0.5) is 0 Å². The molecule has 0 aliphatic carbocycles. The highest BCUT2D eigenvalue weighted by Gasteiger charge is 2.34. The van der Waals surface area contributed by atoms with Crippen molar-refractivity contribution in [2.24, 2.45) is 11.7 Å². The summed E-state index contributed by atoms with van der Waals surface area (Å²) in [5.74, 6) is -0.735. The summed E-state index contributed by atoms with van der Waals surface area (Å²) in [6.07, 6.45) is 0.212. The number of benzene rings is 1. The molecule has 1 aromatic rings. The molecule has 3 N–H and O–H groups in total. The molecule has 0 spiro atoms. The van der Waals surface area contributed by atoms with Crippen molar-refractivity contribution in [2.45, 2.75) is 32.4 Å². The highest BCUT2D eigenvalue weighted by atomic mass is 32.2. The molecule has 1 aliphatic rings. The molecule has 1 aliphatic heterocycles. The van der Waals surface area contributed by atoms with E-state index in [1.165, 1.54) is 14.0 Å². The number of hydrogen-bond donors (Lipinski definition) is 2. The number of rotatable bonds is 9. The van der Waals surface area contributed by atoms with Gasteiger partial charge in [-0.2, -0.15) is 0 Å². The van der Waals surface area contributed by atoms with Crippen LogP contribution in [0.1, 0.15) is 31.9 Å². The smallest absolute Gasteiger partial charge is 0.328 e. The second-order valence-corrected chi connectivity index (χ2v) is 9.17. The molecule has 1 amide bonds. The van der Waals surface area contributed by atoms with Crippen molar-refractivity contribution in [2.75, 3.05) is 31.8 Å². The fourth-order valence-corrected chi connectivity index (χ4v) is 5.09. The standard InChI is InChI=1S/C19H28N2O7S/c1-4-27-18-8-14(5-6-17(18)26-3)15(20)11-29(24,25)10-13-7-16(21-12(2)22)19(23)28-9-13/h5-6,8,13,15-16H,4,7,9-11,20H2,1-3H3,(H,21,22)/t13?,15-,16-/m1/s1. The maximum Gasteiger partial charge on any atom is 0.328 e. The molecular formula is C19H28N2O7S. The van der Waals surface area contributed by atoms with Crippen LogP contribution in [0.2, 0.25) is 0 Å². The Morgan fingerprint density at radius 3 is 2.72 bits per heavy atom. The summed E-state index contributed by atoms with van der Waals surface area (Å²) in [6, 6.07) is 3.49. The summed E-state index contributed by atoms with van der Waals surface area (Å²) in [5, 5.41) is 2.48. The molecule has 2 rings (SSSR count). The third kappa shape index (κ3) is 6.60. The van der Waals surface area contributed by atoms with Crippen molar-refractivity contribution >= 4 is 21.7 Å². The monoisotopic (exact) mass is 428 g/mol. The van der Waals surface area contributed by atoms with Crippen LogP contribution in [-0.2, 0) is 24.2 Å². The number of amides is 1. The Hall–Kier alpha value is -2.33. The van der Waals surface area contributed by atoms with Gasteiger partial charge in [0, 0.05) is 18.9 Å². The van der Waals surface area contributed by atoms with Gasteiger partial charge in [0.05, 0.1) is 31.8 Å². The fourth-order valence-electron chi connectivity index (χ4n) is 3.27. The number of cyclic esters (lactones) is 1. The molecule has 29 heavy (non-hydrogen) atoms. The van der Waals surface area contributed by atoms with E-state index in [9.17, 15) is 18.0 Å². The lowest BCUT2D eigenvalue weighted by Gasteiger charge is -2.28. The highest BCUT2D eigenvalue weighted by Crippen LogP contribution is 2.30. The van der Waals surface area contributed by atoms with Crippen molar-refractivity contribution in [3.8, 4) is 11.5 Å². The van der Waals surface area contributed by atoms with Gasteiger partial charge in [0.15, 0.2) is 21.3 Å². The molecule has 1 heterocycles. The maximum atomic E-state index is 12.7. The number of hydrogen-bond acceptors (Lipinski definition) is 8. The summed E-state index contributed by atoms with van der Waals surface area (Å²) < 4.78 is 41.1. The van der Waals surface area contributed by atoms with Gasteiger partial charge in [-0.05, 0) is 31.0 Å². The van der Waals surface area contributed by atoms with Gasteiger partial charge in [-0.15, -0.1) is 0 Å². The topological polar surface area (TPSA) is 134 Å². The molecule has 0 aromatic heterocycles. The van der Waals surface area contributed by atoms with E-state index >= 15 is 0 Å². The molecule has 0 bridgehead atoms. The molecule has 3 atom stereocenters. The number of ether oxygens (including phenoxy) is 3. The highest BCUT2D eigenvalue weighted by molar-refractivity contribution is 7.91. The average molecular weight is 429 g/mol. The molecule has 0 saturated carbocycles. The fraction of sp³-hybridized carbons (Fsp3) is 0.579. The largest absolute Gasteiger partial charge is 0.493 e. The second kappa shape index (κ2) is 9.93. The minimum absolute atomic E-state index is 0.000407. The zero-order valence-electron chi connectivity index (χ0n) is 16.8. The van der Waals surface area contributed by atoms with Gasteiger partial charge in [-0.25, -0.2) is 13.2 Å². The molecule has 1 aromatic carbocycles. The lowest BCUT2D eigenvalue weighted by Crippen LogP contribution is -2.47. The number of carbonyl (C=O) groups excluding carboxylic acids is 2.